The Morgan fingerprint density at radius 2 is 1.74 bits per heavy atom. The monoisotopic (exact) mass is 323 g/mol. The third-order valence-electron chi connectivity index (χ3n) is 4.39. The first-order valence-corrected chi connectivity index (χ1v) is 9.48. The summed E-state index contributed by atoms with van der Waals surface area (Å²) in [5.41, 5.74) is 0. The van der Waals surface area contributed by atoms with Gasteiger partial charge >= 0.3 is 5.97 Å². The van der Waals surface area contributed by atoms with E-state index in [2.05, 4.69) is 35.4 Å². The van der Waals surface area contributed by atoms with E-state index in [1.807, 2.05) is 0 Å². The number of aromatic nitrogens is 2. The highest BCUT2D eigenvalue weighted by molar-refractivity contribution is 5.66. The highest BCUT2D eigenvalue weighted by Crippen LogP contribution is 2.09. The lowest BCUT2D eigenvalue weighted by Crippen LogP contribution is -2.37. The van der Waals surface area contributed by atoms with Gasteiger partial charge in [0.2, 0.25) is 0 Å². The molecule has 1 aromatic rings. The number of carbonyl (C=O) groups is 1. The number of nitrogens with zero attached hydrogens (tertiary/aromatic N) is 2. The predicted octanol–water partition coefficient (Wildman–Crippen LogP) is 4.34. The van der Waals surface area contributed by atoms with Crippen molar-refractivity contribution < 1.29 is 14.5 Å². The van der Waals surface area contributed by atoms with E-state index in [0.717, 1.165) is 19.5 Å². The summed E-state index contributed by atoms with van der Waals surface area (Å²) in [6.45, 7) is 6.36. The van der Waals surface area contributed by atoms with E-state index >= 15 is 0 Å². The van der Waals surface area contributed by atoms with Crippen molar-refractivity contribution in [2.45, 2.75) is 97.6 Å². The predicted molar refractivity (Wildman–Crippen MR) is 93.5 cm³/mol. The first-order chi connectivity index (χ1) is 11.2. The second kappa shape index (κ2) is 12.1. The van der Waals surface area contributed by atoms with Crippen molar-refractivity contribution in [2.24, 2.45) is 0 Å². The van der Waals surface area contributed by atoms with Crippen LogP contribution in [0.15, 0.2) is 12.4 Å². The maximum Gasteiger partial charge on any atom is 0.303 e. The molecular weight excluding hydrogens is 288 g/mol. The molecule has 0 bridgehead atoms. The van der Waals surface area contributed by atoms with E-state index in [4.69, 9.17) is 5.11 Å². The summed E-state index contributed by atoms with van der Waals surface area (Å²) in [4.78, 5) is 10.7. The molecule has 0 amide bonds. The van der Waals surface area contributed by atoms with Crippen molar-refractivity contribution in [3.63, 3.8) is 0 Å². The Morgan fingerprint density at radius 1 is 1.04 bits per heavy atom. The number of aliphatic carboxylic acids is 1. The fourth-order valence-electron chi connectivity index (χ4n) is 2.98. The molecule has 0 aliphatic heterocycles. The van der Waals surface area contributed by atoms with Gasteiger partial charge in [0, 0.05) is 12.8 Å². The SMILES string of the molecule is CCCCCCCCc1n(CCCC)cc[n+]1CCCC(=O)O. The zero-order valence-corrected chi connectivity index (χ0v) is 15.1. The van der Waals surface area contributed by atoms with E-state index in [1.54, 1.807) is 0 Å². The molecule has 0 radical (unpaired) electrons. The molecule has 4 nitrogen and oxygen atoms in total. The smallest absolute Gasteiger partial charge is 0.303 e. The third-order valence-corrected chi connectivity index (χ3v) is 4.39. The Morgan fingerprint density at radius 3 is 2.43 bits per heavy atom. The topological polar surface area (TPSA) is 46.1 Å². The molecule has 0 saturated heterocycles. The summed E-state index contributed by atoms with van der Waals surface area (Å²) in [5, 5.41) is 8.81. The second-order valence-corrected chi connectivity index (χ2v) is 6.47. The quantitative estimate of drug-likeness (QED) is 0.409. The molecule has 0 saturated carbocycles. The maximum atomic E-state index is 10.7. The van der Waals surface area contributed by atoms with Crippen LogP contribution in [-0.4, -0.2) is 15.6 Å². The summed E-state index contributed by atoms with van der Waals surface area (Å²) in [6.07, 6.45) is 16.6. The van der Waals surface area contributed by atoms with E-state index in [9.17, 15) is 4.79 Å². The van der Waals surface area contributed by atoms with Crippen molar-refractivity contribution in [1.29, 1.82) is 0 Å². The van der Waals surface area contributed by atoms with Gasteiger partial charge in [-0.05, 0) is 19.3 Å². The summed E-state index contributed by atoms with van der Waals surface area (Å²) in [5.74, 6) is 0.674. The molecule has 1 rings (SSSR count). The molecule has 0 unspecified atom stereocenters. The number of carboxylic acid groups (broad SMARTS) is 1. The molecule has 4 heteroatoms. The maximum absolute atomic E-state index is 10.7. The zero-order valence-electron chi connectivity index (χ0n) is 15.1. The van der Waals surface area contributed by atoms with Crippen LogP contribution in [0.5, 0.6) is 0 Å². The second-order valence-electron chi connectivity index (χ2n) is 6.47. The van der Waals surface area contributed by atoms with Crippen LogP contribution in [0.2, 0.25) is 0 Å². The van der Waals surface area contributed by atoms with E-state index in [-0.39, 0.29) is 6.42 Å². The van der Waals surface area contributed by atoms with Crippen LogP contribution in [-0.2, 0) is 24.3 Å². The van der Waals surface area contributed by atoms with Crippen molar-refractivity contribution >= 4 is 5.97 Å². The summed E-state index contributed by atoms with van der Waals surface area (Å²) < 4.78 is 4.64. The molecule has 0 aliphatic rings. The molecule has 1 aromatic heterocycles. The van der Waals surface area contributed by atoms with Gasteiger partial charge in [-0.2, -0.15) is 0 Å². The van der Waals surface area contributed by atoms with Gasteiger partial charge < -0.3 is 5.11 Å². The Kier molecular flexibility index (Phi) is 10.4. The number of hydrogen-bond donors (Lipinski definition) is 1. The van der Waals surface area contributed by atoms with E-state index < -0.39 is 5.97 Å². The Bertz CT molecular complexity index is 441. The summed E-state index contributed by atoms with van der Waals surface area (Å²) >= 11 is 0. The van der Waals surface area contributed by atoms with Crippen LogP contribution >= 0.6 is 0 Å². The Hall–Kier alpha value is -1.32. The van der Waals surface area contributed by atoms with Crippen LogP contribution in [0.4, 0.5) is 0 Å². The van der Waals surface area contributed by atoms with Crippen LogP contribution in [0.3, 0.4) is 0 Å². The number of unbranched alkanes of at least 4 members (excludes halogenated alkanes) is 6. The number of aryl methyl sites for hydroxylation is 2. The van der Waals surface area contributed by atoms with E-state index in [0.29, 0.717) is 6.42 Å². The number of carboxylic acids is 1. The molecule has 0 aliphatic carbocycles. The van der Waals surface area contributed by atoms with Crippen LogP contribution in [0.25, 0.3) is 0 Å². The van der Waals surface area contributed by atoms with Gasteiger partial charge in [0.15, 0.2) is 0 Å². The molecule has 0 fully saturated rings. The normalized spacial score (nSPS) is 11.0. The van der Waals surface area contributed by atoms with Crippen molar-refractivity contribution in [3.05, 3.63) is 18.2 Å². The van der Waals surface area contributed by atoms with Crippen molar-refractivity contribution in [2.75, 3.05) is 0 Å². The highest BCUT2D eigenvalue weighted by Gasteiger charge is 2.16. The van der Waals surface area contributed by atoms with Gasteiger partial charge in [-0.15, -0.1) is 0 Å². The first-order valence-electron chi connectivity index (χ1n) is 9.48. The van der Waals surface area contributed by atoms with Crippen LogP contribution in [0, 0.1) is 0 Å². The van der Waals surface area contributed by atoms with Gasteiger partial charge in [0.25, 0.3) is 5.82 Å². The summed E-state index contributed by atoms with van der Waals surface area (Å²) in [6, 6.07) is 0. The molecule has 23 heavy (non-hydrogen) atoms. The van der Waals surface area contributed by atoms with E-state index in [1.165, 1.54) is 57.2 Å². The van der Waals surface area contributed by atoms with Crippen LogP contribution in [0.1, 0.15) is 83.9 Å². The fraction of sp³-hybridized carbons (Fsp3) is 0.789. The van der Waals surface area contributed by atoms with Gasteiger partial charge in [-0.1, -0.05) is 52.4 Å². The Labute approximate surface area is 141 Å². The van der Waals surface area contributed by atoms with Gasteiger partial charge in [0.1, 0.15) is 12.4 Å². The van der Waals surface area contributed by atoms with Gasteiger partial charge in [-0.3, -0.25) is 4.79 Å². The lowest BCUT2D eigenvalue weighted by Gasteiger charge is -2.05. The first kappa shape index (κ1) is 19.7. The third kappa shape index (κ3) is 8.19. The number of hydrogen-bond acceptors (Lipinski definition) is 1. The average molecular weight is 324 g/mol. The Balaban J connectivity index is 2.52. The highest BCUT2D eigenvalue weighted by atomic mass is 16.4. The largest absolute Gasteiger partial charge is 0.481 e. The number of imidazole rings is 1. The number of rotatable bonds is 14. The zero-order chi connectivity index (χ0) is 16.9. The van der Waals surface area contributed by atoms with Crippen LogP contribution < -0.4 is 4.57 Å². The fourth-order valence-corrected chi connectivity index (χ4v) is 2.98. The minimum atomic E-state index is -0.700. The summed E-state index contributed by atoms with van der Waals surface area (Å²) in [7, 11) is 0. The van der Waals surface area contributed by atoms with Crippen molar-refractivity contribution in [3.8, 4) is 0 Å². The molecule has 1 N–H and O–H groups in total. The molecule has 0 aromatic carbocycles. The van der Waals surface area contributed by atoms with Crippen molar-refractivity contribution in [1.82, 2.24) is 4.57 Å². The minimum Gasteiger partial charge on any atom is -0.481 e. The van der Waals surface area contributed by atoms with Gasteiger partial charge in [-0.25, -0.2) is 9.13 Å². The molecule has 132 valence electrons. The average Bonchev–Trinajstić information content (AvgIpc) is 2.90. The minimum absolute atomic E-state index is 0.254. The lowest BCUT2D eigenvalue weighted by atomic mass is 10.1. The molecule has 0 spiro atoms. The molecule has 1 heterocycles. The van der Waals surface area contributed by atoms with Gasteiger partial charge in [0.05, 0.1) is 13.1 Å². The molecule has 0 atom stereocenters. The lowest BCUT2D eigenvalue weighted by molar-refractivity contribution is -0.704. The standard InChI is InChI=1S/C19H34N2O2/c1-3-5-7-8-9-10-12-18-20(14-6-4-2)16-17-21(18)15-11-13-19(22)23/h16-17H,3-15H2,1-2H3/p+1. The molecular formula is C19H35N2O2+.